The number of unbranched alkanes of at least 4 members (excludes halogenated alkanes) is 3. The van der Waals surface area contributed by atoms with E-state index in [0.717, 1.165) is 31.2 Å². The third-order valence-electron chi connectivity index (χ3n) is 4.40. The Hall–Kier alpha value is -1.43. The largest absolute Gasteiger partial charge is 0.302 e. The maximum Gasteiger partial charge on any atom is 0.233 e. The van der Waals surface area contributed by atoms with Gasteiger partial charge in [-0.05, 0) is 35.1 Å². The molecule has 24 heavy (non-hydrogen) atoms. The van der Waals surface area contributed by atoms with E-state index < -0.39 is 10.0 Å². The lowest BCUT2D eigenvalue weighted by Crippen LogP contribution is -2.28. The molecule has 0 aliphatic carbocycles. The molecule has 2 aromatic carbocycles. The zero-order valence-electron chi connectivity index (χ0n) is 14.2. The summed E-state index contributed by atoms with van der Waals surface area (Å²) in [6.45, 7) is 2.16. The first kappa shape index (κ1) is 18.9. The van der Waals surface area contributed by atoms with Crippen molar-refractivity contribution in [3.05, 3.63) is 48.0 Å². The summed E-state index contributed by atoms with van der Waals surface area (Å²) >= 11 is 0. The summed E-state index contributed by atoms with van der Waals surface area (Å²) in [7, 11) is -3.62. The molecule has 2 N–H and O–H groups in total. The second-order valence-electron chi connectivity index (χ2n) is 6.47. The SMILES string of the molecule is CCCCCCC(Cc1ccc2ccccc2c1)CS(=O)(=O)NO. The van der Waals surface area contributed by atoms with Crippen molar-refractivity contribution in [2.24, 2.45) is 5.92 Å². The van der Waals surface area contributed by atoms with Crippen LogP contribution >= 0.6 is 0 Å². The number of hydrogen-bond acceptors (Lipinski definition) is 3. The number of fused-ring (bicyclic) bond motifs is 1. The topological polar surface area (TPSA) is 66.4 Å². The molecule has 0 aliphatic rings. The van der Waals surface area contributed by atoms with Crippen LogP contribution in [-0.2, 0) is 16.4 Å². The average molecular weight is 349 g/mol. The predicted molar refractivity (Wildman–Crippen MR) is 98.6 cm³/mol. The third kappa shape index (κ3) is 5.89. The van der Waals surface area contributed by atoms with Crippen molar-refractivity contribution in [2.75, 3.05) is 5.75 Å². The summed E-state index contributed by atoms with van der Waals surface area (Å²) in [6.07, 6.45) is 6.04. The minimum absolute atomic E-state index is 0.00710. The van der Waals surface area contributed by atoms with E-state index in [9.17, 15) is 8.42 Å². The molecule has 132 valence electrons. The molecule has 2 rings (SSSR count). The smallest absolute Gasteiger partial charge is 0.233 e. The van der Waals surface area contributed by atoms with Crippen LogP contribution in [0.25, 0.3) is 10.8 Å². The van der Waals surface area contributed by atoms with Gasteiger partial charge in [0.2, 0.25) is 10.0 Å². The number of rotatable bonds is 10. The van der Waals surface area contributed by atoms with Gasteiger partial charge in [0.1, 0.15) is 0 Å². The Morgan fingerprint density at radius 2 is 1.79 bits per heavy atom. The van der Waals surface area contributed by atoms with Crippen molar-refractivity contribution in [3.8, 4) is 0 Å². The van der Waals surface area contributed by atoms with Gasteiger partial charge in [-0.1, -0.05) is 80.0 Å². The summed E-state index contributed by atoms with van der Waals surface area (Å²) in [4.78, 5) is 1.46. The Bertz CT molecular complexity index is 743. The van der Waals surface area contributed by atoms with Gasteiger partial charge in [0.25, 0.3) is 0 Å². The van der Waals surface area contributed by atoms with Gasteiger partial charge in [-0.15, -0.1) is 0 Å². The minimum Gasteiger partial charge on any atom is -0.302 e. The van der Waals surface area contributed by atoms with Gasteiger partial charge in [0.15, 0.2) is 0 Å². The van der Waals surface area contributed by atoms with Gasteiger partial charge in [-0.3, -0.25) is 0 Å². The fraction of sp³-hybridized carbons (Fsp3) is 0.474. The summed E-state index contributed by atoms with van der Waals surface area (Å²) in [6, 6.07) is 14.4. The predicted octanol–water partition coefficient (Wildman–Crippen LogP) is 4.28. The van der Waals surface area contributed by atoms with Crippen molar-refractivity contribution in [1.29, 1.82) is 0 Å². The molecule has 0 amide bonds. The lowest BCUT2D eigenvalue weighted by atomic mass is 9.94. The fourth-order valence-electron chi connectivity index (χ4n) is 3.15. The van der Waals surface area contributed by atoms with Crippen molar-refractivity contribution in [3.63, 3.8) is 0 Å². The molecule has 5 heteroatoms. The molecule has 1 atom stereocenters. The van der Waals surface area contributed by atoms with Crippen molar-refractivity contribution >= 4 is 20.8 Å². The Balaban J connectivity index is 2.09. The molecule has 0 aliphatic heterocycles. The van der Waals surface area contributed by atoms with Crippen molar-refractivity contribution in [1.82, 2.24) is 4.89 Å². The lowest BCUT2D eigenvalue weighted by molar-refractivity contribution is 0.241. The monoisotopic (exact) mass is 349 g/mol. The molecule has 0 saturated carbocycles. The molecule has 4 nitrogen and oxygen atoms in total. The van der Waals surface area contributed by atoms with Crippen LogP contribution in [0.2, 0.25) is 0 Å². The summed E-state index contributed by atoms with van der Waals surface area (Å²) in [5.41, 5.74) is 1.14. The van der Waals surface area contributed by atoms with Crippen LogP contribution < -0.4 is 4.89 Å². The molecule has 0 aromatic heterocycles. The van der Waals surface area contributed by atoms with E-state index in [1.165, 1.54) is 22.1 Å². The van der Waals surface area contributed by atoms with Crippen LogP contribution in [0.4, 0.5) is 0 Å². The van der Waals surface area contributed by atoms with E-state index in [1.54, 1.807) is 0 Å². The van der Waals surface area contributed by atoms with Crippen molar-refractivity contribution < 1.29 is 13.6 Å². The standard InChI is InChI=1S/C19H27NO3S/c1-2-3-4-5-8-17(15-24(22,23)20-21)13-16-11-12-18-9-6-7-10-19(18)14-16/h6-7,9-12,14,17,20-21H,2-5,8,13,15H2,1H3. The molecule has 0 fully saturated rings. The highest BCUT2D eigenvalue weighted by molar-refractivity contribution is 7.89. The van der Waals surface area contributed by atoms with Crippen LogP contribution in [0.1, 0.15) is 44.6 Å². The highest BCUT2D eigenvalue weighted by Crippen LogP contribution is 2.22. The molecule has 0 bridgehead atoms. The van der Waals surface area contributed by atoms with Gasteiger partial charge < -0.3 is 5.21 Å². The maximum absolute atomic E-state index is 11.7. The second kappa shape index (κ2) is 9.16. The zero-order chi connectivity index (χ0) is 17.4. The summed E-state index contributed by atoms with van der Waals surface area (Å²) < 4.78 is 23.5. The van der Waals surface area contributed by atoms with E-state index in [2.05, 4.69) is 37.3 Å². The minimum atomic E-state index is -3.62. The zero-order valence-corrected chi connectivity index (χ0v) is 15.1. The van der Waals surface area contributed by atoms with E-state index in [-0.39, 0.29) is 11.7 Å². The molecule has 0 heterocycles. The Kier molecular flexibility index (Phi) is 7.21. The summed E-state index contributed by atoms with van der Waals surface area (Å²) in [5, 5.41) is 11.2. The number of nitrogens with one attached hydrogen (secondary N) is 1. The molecule has 0 radical (unpaired) electrons. The van der Waals surface area contributed by atoms with Crippen LogP contribution in [-0.4, -0.2) is 19.4 Å². The van der Waals surface area contributed by atoms with Crippen LogP contribution in [0.3, 0.4) is 0 Å². The Morgan fingerprint density at radius 1 is 1.04 bits per heavy atom. The third-order valence-corrected chi connectivity index (χ3v) is 5.59. The van der Waals surface area contributed by atoms with Gasteiger partial charge in [0.05, 0.1) is 5.75 Å². The molecule has 0 spiro atoms. The molecular formula is C19H27NO3S. The van der Waals surface area contributed by atoms with E-state index in [1.807, 2.05) is 12.1 Å². The first-order valence-corrected chi connectivity index (χ1v) is 10.3. The fourth-order valence-corrected chi connectivity index (χ4v) is 4.13. The second-order valence-corrected chi connectivity index (χ2v) is 8.22. The Labute approximate surface area is 144 Å². The maximum atomic E-state index is 11.7. The van der Waals surface area contributed by atoms with E-state index in [4.69, 9.17) is 5.21 Å². The van der Waals surface area contributed by atoms with Gasteiger partial charge >= 0.3 is 0 Å². The number of sulfonamides is 1. The first-order chi connectivity index (χ1) is 11.5. The summed E-state index contributed by atoms with van der Waals surface area (Å²) in [5.74, 6) is -0.0321. The molecular weight excluding hydrogens is 322 g/mol. The quantitative estimate of drug-likeness (QED) is 0.497. The number of hydrogen-bond donors (Lipinski definition) is 2. The molecule has 0 saturated heterocycles. The molecule has 2 aromatic rings. The van der Waals surface area contributed by atoms with Crippen LogP contribution in [0.15, 0.2) is 42.5 Å². The highest BCUT2D eigenvalue weighted by Gasteiger charge is 2.19. The van der Waals surface area contributed by atoms with Gasteiger partial charge in [-0.2, -0.15) is 0 Å². The van der Waals surface area contributed by atoms with E-state index in [0.29, 0.717) is 6.42 Å². The average Bonchev–Trinajstić information content (AvgIpc) is 2.58. The normalized spacial score (nSPS) is 13.2. The van der Waals surface area contributed by atoms with Gasteiger partial charge in [-0.25, -0.2) is 8.42 Å². The van der Waals surface area contributed by atoms with Crippen LogP contribution in [0, 0.1) is 5.92 Å². The van der Waals surface area contributed by atoms with Crippen molar-refractivity contribution in [2.45, 2.75) is 45.4 Å². The highest BCUT2D eigenvalue weighted by atomic mass is 32.2. The Morgan fingerprint density at radius 3 is 2.50 bits per heavy atom. The van der Waals surface area contributed by atoms with Crippen LogP contribution in [0.5, 0.6) is 0 Å². The molecule has 1 unspecified atom stereocenters. The lowest BCUT2D eigenvalue weighted by Gasteiger charge is -2.17. The van der Waals surface area contributed by atoms with Gasteiger partial charge in [0, 0.05) is 0 Å². The number of benzene rings is 2. The van der Waals surface area contributed by atoms with E-state index >= 15 is 0 Å². The first-order valence-electron chi connectivity index (χ1n) is 8.65.